The third-order valence-corrected chi connectivity index (χ3v) is 0.535. The summed E-state index contributed by atoms with van der Waals surface area (Å²) in [5.41, 5.74) is 0. The van der Waals surface area contributed by atoms with Gasteiger partial charge in [0.05, 0.1) is 0 Å². The summed E-state index contributed by atoms with van der Waals surface area (Å²) in [7, 11) is 0. The normalized spacial score (nSPS) is 7.38. The van der Waals surface area contributed by atoms with Crippen LogP contribution in [0.1, 0.15) is 19.7 Å². The zero-order chi connectivity index (χ0) is 6.41. The van der Waals surface area contributed by atoms with Crippen LogP contribution in [0.15, 0.2) is 6.33 Å². The monoisotopic (exact) mass is 113 g/mol. The fraction of sp³-hybridized carbons (Fsp3) is 0.600. The van der Waals surface area contributed by atoms with E-state index in [4.69, 9.17) is 0 Å². The highest BCUT2D eigenvalue weighted by Crippen LogP contribution is 1.73. The van der Waals surface area contributed by atoms with E-state index in [9.17, 15) is 0 Å². The van der Waals surface area contributed by atoms with Crippen LogP contribution < -0.4 is 0 Å². The van der Waals surface area contributed by atoms with Gasteiger partial charge in [0.2, 0.25) is 0 Å². The third-order valence-electron chi connectivity index (χ3n) is 0.535. The number of aryl methyl sites for hydroxylation is 1. The zero-order valence-corrected chi connectivity index (χ0v) is 5.47. The number of aromatic nitrogens is 3. The Kier molecular flexibility index (Phi) is 3.84. The van der Waals surface area contributed by atoms with Gasteiger partial charge in [-0.15, -0.1) is 0 Å². The molecular formula is C5H11N3. The Morgan fingerprint density at radius 1 is 1.50 bits per heavy atom. The van der Waals surface area contributed by atoms with Crippen molar-refractivity contribution >= 4 is 0 Å². The maximum Gasteiger partial charge on any atom is 0.137 e. The highest BCUT2D eigenvalue weighted by atomic mass is 15.2. The average Bonchev–Trinajstić information content (AvgIpc) is 2.24. The lowest BCUT2D eigenvalue weighted by atomic mass is 10.8. The number of nitrogens with zero attached hydrogens (tertiary/aromatic N) is 2. The summed E-state index contributed by atoms with van der Waals surface area (Å²) in [6.07, 6.45) is 1.48. The van der Waals surface area contributed by atoms with Crippen molar-refractivity contribution in [3.8, 4) is 0 Å². The molecule has 8 heavy (non-hydrogen) atoms. The van der Waals surface area contributed by atoms with Crippen molar-refractivity contribution in [1.82, 2.24) is 15.2 Å². The maximum atomic E-state index is 3.75. The minimum atomic E-state index is 0.856. The highest BCUT2D eigenvalue weighted by Gasteiger charge is 1.75. The summed E-state index contributed by atoms with van der Waals surface area (Å²) in [5, 5.41) is 6.22. The van der Waals surface area contributed by atoms with Gasteiger partial charge in [-0.3, -0.25) is 5.10 Å². The van der Waals surface area contributed by atoms with Gasteiger partial charge in [-0.1, -0.05) is 13.8 Å². The molecule has 0 saturated heterocycles. The molecule has 0 fully saturated rings. The minimum Gasteiger partial charge on any atom is -0.264 e. The summed E-state index contributed by atoms with van der Waals surface area (Å²) in [4.78, 5) is 3.75. The van der Waals surface area contributed by atoms with E-state index >= 15 is 0 Å². The molecular weight excluding hydrogens is 102 g/mol. The predicted octanol–water partition coefficient (Wildman–Crippen LogP) is 1.14. The second-order valence-electron chi connectivity index (χ2n) is 1.07. The molecule has 0 aliphatic carbocycles. The Morgan fingerprint density at radius 2 is 2.12 bits per heavy atom. The van der Waals surface area contributed by atoms with Crippen molar-refractivity contribution in [2.24, 2.45) is 0 Å². The summed E-state index contributed by atoms with van der Waals surface area (Å²) >= 11 is 0. The Hall–Kier alpha value is -0.860. The number of H-pyrrole nitrogens is 1. The first kappa shape index (κ1) is 7.14. The maximum absolute atomic E-state index is 3.75. The molecule has 0 unspecified atom stereocenters. The number of nitrogens with one attached hydrogen (secondary N) is 1. The molecule has 1 heterocycles. The lowest BCUT2D eigenvalue weighted by Crippen LogP contribution is -1.68. The van der Waals surface area contributed by atoms with Gasteiger partial charge in [-0.25, -0.2) is 4.98 Å². The van der Waals surface area contributed by atoms with E-state index in [1.807, 2.05) is 20.8 Å². The lowest BCUT2D eigenvalue weighted by Gasteiger charge is -1.66. The van der Waals surface area contributed by atoms with Crippen molar-refractivity contribution in [3.05, 3.63) is 12.2 Å². The Bertz CT molecular complexity index is 111. The molecule has 3 nitrogen and oxygen atoms in total. The van der Waals surface area contributed by atoms with Crippen LogP contribution >= 0.6 is 0 Å². The standard InChI is InChI=1S/C3H5N3.C2H6/c1-3-4-2-5-6-3;1-2/h2H,1H3,(H,4,5,6);1-2H3. The van der Waals surface area contributed by atoms with Crippen LogP contribution in [0.4, 0.5) is 0 Å². The van der Waals surface area contributed by atoms with Gasteiger partial charge < -0.3 is 0 Å². The Morgan fingerprint density at radius 3 is 2.25 bits per heavy atom. The molecule has 3 heteroatoms. The van der Waals surface area contributed by atoms with Gasteiger partial charge in [0, 0.05) is 0 Å². The molecule has 0 spiro atoms. The first-order valence-corrected chi connectivity index (χ1v) is 2.71. The van der Waals surface area contributed by atoms with E-state index in [0.29, 0.717) is 0 Å². The van der Waals surface area contributed by atoms with E-state index in [1.54, 1.807) is 0 Å². The molecule has 0 atom stereocenters. The molecule has 1 rings (SSSR count). The second-order valence-corrected chi connectivity index (χ2v) is 1.07. The largest absolute Gasteiger partial charge is 0.264 e. The number of hydrogen-bond acceptors (Lipinski definition) is 2. The van der Waals surface area contributed by atoms with Crippen molar-refractivity contribution < 1.29 is 0 Å². The van der Waals surface area contributed by atoms with E-state index in [-0.39, 0.29) is 0 Å². The van der Waals surface area contributed by atoms with E-state index in [1.165, 1.54) is 6.33 Å². The summed E-state index contributed by atoms with van der Waals surface area (Å²) in [6.45, 7) is 5.85. The smallest absolute Gasteiger partial charge is 0.137 e. The van der Waals surface area contributed by atoms with Crippen molar-refractivity contribution in [3.63, 3.8) is 0 Å². The number of rotatable bonds is 0. The molecule has 1 aromatic rings. The molecule has 46 valence electrons. The van der Waals surface area contributed by atoms with Gasteiger partial charge in [-0.05, 0) is 6.92 Å². The zero-order valence-electron chi connectivity index (χ0n) is 5.47. The minimum absolute atomic E-state index is 0.856. The molecule has 0 aromatic carbocycles. The number of hydrogen-bond donors (Lipinski definition) is 1. The van der Waals surface area contributed by atoms with Crippen LogP contribution in [0.3, 0.4) is 0 Å². The van der Waals surface area contributed by atoms with E-state index in [2.05, 4.69) is 15.2 Å². The van der Waals surface area contributed by atoms with Gasteiger partial charge >= 0.3 is 0 Å². The summed E-state index contributed by atoms with van der Waals surface area (Å²) in [6, 6.07) is 0. The van der Waals surface area contributed by atoms with Crippen LogP contribution in [-0.2, 0) is 0 Å². The van der Waals surface area contributed by atoms with Crippen LogP contribution in [0.25, 0.3) is 0 Å². The summed E-state index contributed by atoms with van der Waals surface area (Å²) < 4.78 is 0. The van der Waals surface area contributed by atoms with Crippen LogP contribution in [-0.4, -0.2) is 15.2 Å². The fourth-order valence-corrected chi connectivity index (χ4v) is 0.267. The van der Waals surface area contributed by atoms with Crippen molar-refractivity contribution in [1.29, 1.82) is 0 Å². The molecule has 1 N–H and O–H groups in total. The van der Waals surface area contributed by atoms with Crippen LogP contribution in [0.2, 0.25) is 0 Å². The van der Waals surface area contributed by atoms with Crippen molar-refractivity contribution in [2.75, 3.05) is 0 Å². The lowest BCUT2D eigenvalue weighted by molar-refractivity contribution is 1.04. The third kappa shape index (κ3) is 2.34. The molecule has 0 saturated carbocycles. The molecule has 0 aliphatic heterocycles. The van der Waals surface area contributed by atoms with Crippen molar-refractivity contribution in [2.45, 2.75) is 20.8 Å². The molecule has 0 aliphatic rings. The predicted molar refractivity (Wildman–Crippen MR) is 32.5 cm³/mol. The molecule has 1 aromatic heterocycles. The Labute approximate surface area is 49.1 Å². The topological polar surface area (TPSA) is 41.6 Å². The number of aromatic amines is 1. The van der Waals surface area contributed by atoms with E-state index < -0.39 is 0 Å². The van der Waals surface area contributed by atoms with Gasteiger partial charge in [-0.2, -0.15) is 5.10 Å². The first-order valence-electron chi connectivity index (χ1n) is 2.71. The SMILES string of the molecule is CC.Cc1ncn[nH]1. The highest BCUT2D eigenvalue weighted by molar-refractivity contribution is 4.70. The molecule has 0 bridgehead atoms. The van der Waals surface area contributed by atoms with Gasteiger partial charge in [0.25, 0.3) is 0 Å². The summed E-state index contributed by atoms with van der Waals surface area (Å²) in [5.74, 6) is 0.856. The van der Waals surface area contributed by atoms with Gasteiger partial charge in [0.1, 0.15) is 12.2 Å². The van der Waals surface area contributed by atoms with E-state index in [0.717, 1.165) is 5.82 Å². The quantitative estimate of drug-likeness (QED) is 0.548. The average molecular weight is 113 g/mol. The first-order chi connectivity index (χ1) is 3.89. The molecule has 0 amide bonds. The van der Waals surface area contributed by atoms with Crippen LogP contribution in [0, 0.1) is 6.92 Å². The van der Waals surface area contributed by atoms with Crippen LogP contribution in [0.5, 0.6) is 0 Å². The fourth-order valence-electron chi connectivity index (χ4n) is 0.267. The second kappa shape index (κ2) is 4.30. The van der Waals surface area contributed by atoms with Gasteiger partial charge in [0.15, 0.2) is 0 Å². The Balaban J connectivity index is 0.000000222. The molecule has 0 radical (unpaired) electrons.